The van der Waals surface area contributed by atoms with E-state index in [9.17, 15) is 4.79 Å². The van der Waals surface area contributed by atoms with E-state index in [1.165, 1.54) is 7.11 Å². The summed E-state index contributed by atoms with van der Waals surface area (Å²) in [6.07, 6.45) is 0. The Labute approximate surface area is 141 Å². The highest BCUT2D eigenvalue weighted by Gasteiger charge is 2.12. The lowest BCUT2D eigenvalue weighted by Crippen LogP contribution is -2.31. The Kier molecular flexibility index (Phi) is 5.89. The number of carbonyl (C=O) groups is 1. The van der Waals surface area contributed by atoms with Crippen molar-refractivity contribution in [2.24, 2.45) is 0 Å². The summed E-state index contributed by atoms with van der Waals surface area (Å²) >= 11 is 0. The number of hydrogen-bond donors (Lipinski definition) is 2. The van der Waals surface area contributed by atoms with E-state index >= 15 is 0 Å². The smallest absolute Gasteiger partial charge is 0.319 e. The second-order valence-corrected chi connectivity index (χ2v) is 5.16. The molecule has 0 heterocycles. The molecule has 0 radical (unpaired) electrons. The zero-order valence-corrected chi connectivity index (χ0v) is 14.3. The zero-order valence-electron chi connectivity index (χ0n) is 14.3. The maximum Gasteiger partial charge on any atom is 0.319 e. The average Bonchev–Trinajstić information content (AvgIpc) is 2.61. The van der Waals surface area contributed by atoms with Crippen molar-refractivity contribution in [2.45, 2.75) is 13.0 Å². The van der Waals surface area contributed by atoms with Gasteiger partial charge in [-0.2, -0.15) is 0 Å². The molecule has 2 aromatic rings. The van der Waals surface area contributed by atoms with E-state index < -0.39 is 0 Å². The van der Waals surface area contributed by atoms with E-state index in [0.717, 1.165) is 11.3 Å². The van der Waals surface area contributed by atoms with E-state index in [0.29, 0.717) is 17.2 Å². The van der Waals surface area contributed by atoms with Crippen LogP contribution >= 0.6 is 0 Å². The Morgan fingerprint density at radius 3 is 2.12 bits per heavy atom. The summed E-state index contributed by atoms with van der Waals surface area (Å²) in [5.41, 5.74) is 1.55. The molecule has 0 saturated heterocycles. The molecule has 0 spiro atoms. The van der Waals surface area contributed by atoms with Gasteiger partial charge in [-0.25, -0.2) is 4.79 Å². The van der Waals surface area contributed by atoms with Crippen LogP contribution in [0.15, 0.2) is 42.5 Å². The number of ether oxygens (including phenoxy) is 3. The van der Waals surface area contributed by atoms with Crippen molar-refractivity contribution in [3.05, 3.63) is 48.0 Å². The van der Waals surface area contributed by atoms with Gasteiger partial charge in [0.1, 0.15) is 17.2 Å². The number of benzene rings is 2. The SMILES string of the molecule is COc1ccc([C@@H](C)NC(=O)Nc2ccc(OC)cc2OC)cc1. The topological polar surface area (TPSA) is 68.8 Å². The van der Waals surface area contributed by atoms with Crippen LogP contribution in [0.2, 0.25) is 0 Å². The molecular weight excluding hydrogens is 308 g/mol. The Morgan fingerprint density at radius 2 is 1.54 bits per heavy atom. The molecule has 0 aliphatic carbocycles. The lowest BCUT2D eigenvalue weighted by Gasteiger charge is -2.17. The van der Waals surface area contributed by atoms with Gasteiger partial charge < -0.3 is 24.8 Å². The second kappa shape index (κ2) is 8.10. The van der Waals surface area contributed by atoms with Gasteiger partial charge in [0.05, 0.1) is 33.1 Å². The molecule has 128 valence electrons. The van der Waals surface area contributed by atoms with Gasteiger partial charge in [0.2, 0.25) is 0 Å². The summed E-state index contributed by atoms with van der Waals surface area (Å²) in [5.74, 6) is 1.96. The Hall–Kier alpha value is -2.89. The minimum absolute atomic E-state index is 0.153. The van der Waals surface area contributed by atoms with Crippen LogP contribution in [-0.4, -0.2) is 27.4 Å². The third-order valence-corrected chi connectivity index (χ3v) is 3.62. The third-order valence-electron chi connectivity index (χ3n) is 3.62. The number of hydrogen-bond acceptors (Lipinski definition) is 4. The molecule has 0 saturated carbocycles. The van der Waals surface area contributed by atoms with Crippen molar-refractivity contribution in [2.75, 3.05) is 26.6 Å². The van der Waals surface area contributed by atoms with E-state index in [-0.39, 0.29) is 12.1 Å². The molecule has 6 heteroatoms. The van der Waals surface area contributed by atoms with E-state index in [2.05, 4.69) is 10.6 Å². The van der Waals surface area contributed by atoms with Crippen molar-refractivity contribution >= 4 is 11.7 Å². The first-order valence-corrected chi connectivity index (χ1v) is 7.51. The molecule has 1 atom stereocenters. The summed E-state index contributed by atoms with van der Waals surface area (Å²) < 4.78 is 15.5. The monoisotopic (exact) mass is 330 g/mol. The fraction of sp³-hybridized carbons (Fsp3) is 0.278. The number of amides is 2. The molecular formula is C18H22N2O4. The molecule has 0 bridgehead atoms. The van der Waals surface area contributed by atoms with Crippen LogP contribution in [0.3, 0.4) is 0 Å². The molecule has 0 unspecified atom stereocenters. The standard InChI is InChI=1S/C18H22N2O4/c1-12(13-5-7-14(22-2)8-6-13)19-18(21)20-16-10-9-15(23-3)11-17(16)24-4/h5-12H,1-4H3,(H2,19,20,21)/t12-/m1/s1. The zero-order chi connectivity index (χ0) is 17.5. The molecule has 2 aromatic carbocycles. The van der Waals surface area contributed by atoms with Crippen molar-refractivity contribution < 1.29 is 19.0 Å². The second-order valence-electron chi connectivity index (χ2n) is 5.16. The van der Waals surface area contributed by atoms with Gasteiger partial charge in [-0.3, -0.25) is 0 Å². The normalized spacial score (nSPS) is 11.3. The largest absolute Gasteiger partial charge is 0.497 e. The highest BCUT2D eigenvalue weighted by molar-refractivity contribution is 5.91. The quantitative estimate of drug-likeness (QED) is 0.849. The van der Waals surface area contributed by atoms with Crippen LogP contribution in [-0.2, 0) is 0 Å². The molecule has 2 amide bonds. The fourth-order valence-electron chi connectivity index (χ4n) is 2.23. The number of anilines is 1. The lowest BCUT2D eigenvalue weighted by atomic mass is 10.1. The third kappa shape index (κ3) is 4.32. The first-order chi connectivity index (χ1) is 11.6. The summed E-state index contributed by atoms with van der Waals surface area (Å²) in [6, 6.07) is 12.3. The minimum Gasteiger partial charge on any atom is -0.497 e. The van der Waals surface area contributed by atoms with Gasteiger partial charge in [0.25, 0.3) is 0 Å². The summed E-state index contributed by atoms with van der Waals surface area (Å²) in [4.78, 5) is 12.2. The molecule has 0 aromatic heterocycles. The maximum absolute atomic E-state index is 12.2. The van der Waals surface area contributed by atoms with Crippen LogP contribution in [0.1, 0.15) is 18.5 Å². The van der Waals surface area contributed by atoms with Gasteiger partial charge in [-0.05, 0) is 36.8 Å². The lowest BCUT2D eigenvalue weighted by molar-refractivity contribution is 0.249. The Morgan fingerprint density at radius 1 is 0.917 bits per heavy atom. The van der Waals surface area contributed by atoms with Crippen molar-refractivity contribution in [3.63, 3.8) is 0 Å². The summed E-state index contributed by atoms with van der Waals surface area (Å²) in [6.45, 7) is 1.91. The number of urea groups is 1. The number of methoxy groups -OCH3 is 3. The van der Waals surface area contributed by atoms with Crippen LogP contribution in [0.4, 0.5) is 10.5 Å². The minimum atomic E-state index is -0.318. The average molecular weight is 330 g/mol. The van der Waals surface area contributed by atoms with Crippen molar-refractivity contribution in [1.82, 2.24) is 5.32 Å². The van der Waals surface area contributed by atoms with Crippen LogP contribution in [0.5, 0.6) is 17.2 Å². The highest BCUT2D eigenvalue weighted by atomic mass is 16.5. The Bertz CT molecular complexity index is 686. The molecule has 0 aliphatic heterocycles. The fourth-order valence-corrected chi connectivity index (χ4v) is 2.23. The van der Waals surface area contributed by atoms with Crippen molar-refractivity contribution in [3.8, 4) is 17.2 Å². The first-order valence-electron chi connectivity index (χ1n) is 7.51. The molecule has 6 nitrogen and oxygen atoms in total. The molecule has 0 fully saturated rings. The molecule has 24 heavy (non-hydrogen) atoms. The molecule has 2 N–H and O–H groups in total. The van der Waals surface area contributed by atoms with Gasteiger partial charge in [0.15, 0.2) is 0 Å². The van der Waals surface area contributed by atoms with E-state index in [4.69, 9.17) is 14.2 Å². The number of rotatable bonds is 6. The van der Waals surface area contributed by atoms with Crippen LogP contribution < -0.4 is 24.8 Å². The summed E-state index contributed by atoms with van der Waals surface area (Å²) in [7, 11) is 4.73. The Balaban J connectivity index is 2.01. The van der Waals surface area contributed by atoms with Gasteiger partial charge in [0, 0.05) is 6.07 Å². The number of nitrogens with one attached hydrogen (secondary N) is 2. The van der Waals surface area contributed by atoms with Crippen LogP contribution in [0.25, 0.3) is 0 Å². The predicted molar refractivity (Wildman–Crippen MR) is 93.1 cm³/mol. The number of carbonyl (C=O) groups excluding carboxylic acids is 1. The molecule has 2 rings (SSSR count). The first kappa shape index (κ1) is 17.5. The molecule has 0 aliphatic rings. The highest BCUT2D eigenvalue weighted by Crippen LogP contribution is 2.29. The van der Waals surface area contributed by atoms with Gasteiger partial charge in [-0.1, -0.05) is 12.1 Å². The van der Waals surface area contributed by atoms with Crippen molar-refractivity contribution in [1.29, 1.82) is 0 Å². The van der Waals surface area contributed by atoms with E-state index in [1.54, 1.807) is 32.4 Å². The van der Waals surface area contributed by atoms with E-state index in [1.807, 2.05) is 31.2 Å². The summed E-state index contributed by atoms with van der Waals surface area (Å²) in [5, 5.41) is 5.67. The van der Waals surface area contributed by atoms with Crippen LogP contribution in [0, 0.1) is 0 Å². The predicted octanol–water partition coefficient (Wildman–Crippen LogP) is 3.60. The van der Waals surface area contributed by atoms with Gasteiger partial charge >= 0.3 is 6.03 Å². The maximum atomic E-state index is 12.2. The van der Waals surface area contributed by atoms with Gasteiger partial charge in [-0.15, -0.1) is 0 Å².